The van der Waals surface area contributed by atoms with Crippen LogP contribution in [0.5, 0.6) is 0 Å². The fraction of sp³-hybridized carbons (Fsp3) is 0.909. The molecule has 2 rings (SSSR count). The van der Waals surface area contributed by atoms with E-state index >= 15 is 0 Å². The number of amides is 1. The molecule has 2 atom stereocenters. The molecule has 1 saturated carbocycles. The third-order valence-corrected chi connectivity index (χ3v) is 3.54. The number of nitrogens with two attached hydrogens (primary N) is 1. The second kappa shape index (κ2) is 3.54. The molecule has 1 aliphatic heterocycles. The maximum Gasteiger partial charge on any atom is 0.227 e. The summed E-state index contributed by atoms with van der Waals surface area (Å²) in [5.41, 5.74) is 6.09. The van der Waals surface area contributed by atoms with Gasteiger partial charge in [0.15, 0.2) is 0 Å². The Morgan fingerprint density at radius 2 is 2.00 bits per heavy atom. The predicted octanol–water partition coefficient (Wildman–Crippen LogP) is 0.981. The number of carbonyl (C=O) groups excluding carboxylic acids is 1. The van der Waals surface area contributed by atoms with Crippen molar-refractivity contribution in [1.29, 1.82) is 0 Å². The van der Waals surface area contributed by atoms with E-state index < -0.39 is 0 Å². The molecule has 0 aromatic rings. The van der Waals surface area contributed by atoms with E-state index in [2.05, 4.69) is 13.8 Å². The van der Waals surface area contributed by atoms with Crippen LogP contribution in [0.4, 0.5) is 0 Å². The fourth-order valence-electron chi connectivity index (χ4n) is 2.40. The van der Waals surface area contributed by atoms with Gasteiger partial charge in [0.05, 0.1) is 5.92 Å². The molecule has 1 heterocycles. The summed E-state index contributed by atoms with van der Waals surface area (Å²) >= 11 is 0. The number of hydrogen-bond acceptors (Lipinski definition) is 2. The highest BCUT2D eigenvalue weighted by molar-refractivity contribution is 5.82. The van der Waals surface area contributed by atoms with Gasteiger partial charge in [0.2, 0.25) is 5.91 Å². The largest absolute Gasteiger partial charge is 0.340 e. The molecule has 0 radical (unpaired) electrons. The van der Waals surface area contributed by atoms with Crippen LogP contribution in [0, 0.1) is 11.8 Å². The number of nitrogens with zero attached hydrogens (tertiary/aromatic N) is 1. The summed E-state index contributed by atoms with van der Waals surface area (Å²) in [4.78, 5) is 13.9. The Kier molecular flexibility index (Phi) is 2.52. The molecule has 0 aromatic carbocycles. The van der Waals surface area contributed by atoms with Crippen molar-refractivity contribution in [3.8, 4) is 0 Å². The summed E-state index contributed by atoms with van der Waals surface area (Å²) in [6, 6.07) is 0.463. The van der Waals surface area contributed by atoms with Gasteiger partial charge in [-0.25, -0.2) is 0 Å². The van der Waals surface area contributed by atoms with Crippen molar-refractivity contribution in [3.63, 3.8) is 0 Å². The van der Waals surface area contributed by atoms with Gasteiger partial charge in [-0.15, -0.1) is 0 Å². The summed E-state index contributed by atoms with van der Waals surface area (Å²) in [5, 5.41) is 0. The second-order valence-corrected chi connectivity index (χ2v) is 4.94. The molecule has 3 nitrogen and oxygen atoms in total. The van der Waals surface area contributed by atoms with Gasteiger partial charge in [0.1, 0.15) is 0 Å². The number of hydrogen-bond donors (Lipinski definition) is 1. The average Bonchev–Trinajstić information content (AvgIpc) is 2.88. The second-order valence-electron chi connectivity index (χ2n) is 4.94. The smallest absolute Gasteiger partial charge is 0.227 e. The van der Waals surface area contributed by atoms with Crippen LogP contribution in [0.25, 0.3) is 0 Å². The van der Waals surface area contributed by atoms with E-state index in [0.717, 1.165) is 13.0 Å². The molecule has 2 fully saturated rings. The SMILES string of the molecule is CC(C)N1CCC(C(N)C2CC2)C1=O. The molecule has 80 valence electrons. The molecule has 3 heteroatoms. The number of carbonyl (C=O) groups is 1. The van der Waals surface area contributed by atoms with Crippen molar-refractivity contribution in [2.45, 2.75) is 45.2 Å². The average molecular weight is 196 g/mol. The normalized spacial score (nSPS) is 30.1. The van der Waals surface area contributed by atoms with Gasteiger partial charge in [-0.2, -0.15) is 0 Å². The molecular weight excluding hydrogens is 176 g/mol. The molecule has 2 N–H and O–H groups in total. The molecule has 1 aliphatic carbocycles. The summed E-state index contributed by atoms with van der Waals surface area (Å²) in [7, 11) is 0. The van der Waals surface area contributed by atoms with Crippen molar-refractivity contribution >= 4 is 5.91 Å². The monoisotopic (exact) mass is 196 g/mol. The molecule has 0 bridgehead atoms. The van der Waals surface area contributed by atoms with Crippen molar-refractivity contribution in [2.75, 3.05) is 6.54 Å². The van der Waals surface area contributed by atoms with Crippen LogP contribution in [0.1, 0.15) is 33.1 Å². The van der Waals surface area contributed by atoms with Crippen molar-refractivity contribution in [1.82, 2.24) is 4.90 Å². The highest BCUT2D eigenvalue weighted by Crippen LogP contribution is 2.37. The van der Waals surface area contributed by atoms with E-state index in [0.29, 0.717) is 17.9 Å². The van der Waals surface area contributed by atoms with E-state index in [1.165, 1.54) is 12.8 Å². The molecule has 1 amide bonds. The zero-order valence-corrected chi connectivity index (χ0v) is 9.07. The van der Waals surface area contributed by atoms with E-state index in [1.54, 1.807) is 0 Å². The summed E-state index contributed by atoms with van der Waals surface area (Å²) in [6.45, 7) is 5.05. The molecular formula is C11H20N2O. The topological polar surface area (TPSA) is 46.3 Å². The van der Waals surface area contributed by atoms with Gasteiger partial charge in [-0.3, -0.25) is 4.79 Å². The minimum atomic E-state index is 0.116. The zero-order chi connectivity index (χ0) is 10.3. The molecule has 1 saturated heterocycles. The highest BCUT2D eigenvalue weighted by atomic mass is 16.2. The fourth-order valence-corrected chi connectivity index (χ4v) is 2.40. The lowest BCUT2D eigenvalue weighted by Crippen LogP contribution is -2.40. The zero-order valence-electron chi connectivity index (χ0n) is 9.07. The van der Waals surface area contributed by atoms with Crippen molar-refractivity contribution < 1.29 is 4.79 Å². The van der Waals surface area contributed by atoms with Crippen LogP contribution in [-0.2, 0) is 4.79 Å². The third kappa shape index (κ3) is 1.65. The van der Waals surface area contributed by atoms with E-state index in [1.807, 2.05) is 4.90 Å². The van der Waals surface area contributed by atoms with Crippen LogP contribution in [0.3, 0.4) is 0 Å². The Morgan fingerprint density at radius 3 is 2.43 bits per heavy atom. The van der Waals surface area contributed by atoms with E-state index in [4.69, 9.17) is 5.73 Å². The Morgan fingerprint density at radius 1 is 1.36 bits per heavy atom. The van der Waals surface area contributed by atoms with Crippen molar-refractivity contribution in [2.24, 2.45) is 17.6 Å². The highest BCUT2D eigenvalue weighted by Gasteiger charge is 2.42. The van der Waals surface area contributed by atoms with Gasteiger partial charge in [0, 0.05) is 18.6 Å². The lowest BCUT2D eigenvalue weighted by atomic mass is 9.95. The van der Waals surface area contributed by atoms with E-state index in [9.17, 15) is 4.79 Å². The van der Waals surface area contributed by atoms with Crippen LogP contribution in [0.15, 0.2) is 0 Å². The van der Waals surface area contributed by atoms with Gasteiger partial charge in [-0.05, 0) is 39.0 Å². The van der Waals surface area contributed by atoms with Crippen LogP contribution < -0.4 is 5.73 Å². The van der Waals surface area contributed by atoms with Crippen LogP contribution >= 0.6 is 0 Å². The molecule has 2 unspecified atom stereocenters. The first-order valence-corrected chi connectivity index (χ1v) is 5.67. The van der Waals surface area contributed by atoms with Gasteiger partial charge < -0.3 is 10.6 Å². The Balaban J connectivity index is 1.98. The van der Waals surface area contributed by atoms with Gasteiger partial charge >= 0.3 is 0 Å². The minimum Gasteiger partial charge on any atom is -0.340 e. The van der Waals surface area contributed by atoms with Gasteiger partial charge in [-0.1, -0.05) is 0 Å². The first kappa shape index (κ1) is 9.97. The van der Waals surface area contributed by atoms with Crippen molar-refractivity contribution in [3.05, 3.63) is 0 Å². The Bertz CT molecular complexity index is 235. The number of rotatable bonds is 3. The molecule has 14 heavy (non-hydrogen) atoms. The summed E-state index contributed by atoms with van der Waals surface area (Å²) in [5.74, 6) is 1.04. The first-order chi connectivity index (χ1) is 6.61. The summed E-state index contributed by atoms with van der Waals surface area (Å²) in [6.07, 6.45) is 3.42. The maximum atomic E-state index is 12.0. The third-order valence-electron chi connectivity index (χ3n) is 3.54. The predicted molar refractivity (Wildman–Crippen MR) is 55.7 cm³/mol. The molecule has 0 spiro atoms. The number of likely N-dealkylation sites (tertiary alicyclic amines) is 1. The Hall–Kier alpha value is -0.570. The quantitative estimate of drug-likeness (QED) is 0.731. The first-order valence-electron chi connectivity index (χ1n) is 5.67. The molecule has 2 aliphatic rings. The molecule has 0 aromatic heterocycles. The minimum absolute atomic E-state index is 0.116. The van der Waals surface area contributed by atoms with Crippen LogP contribution in [0.2, 0.25) is 0 Å². The Labute approximate surface area is 85.6 Å². The maximum absolute atomic E-state index is 12.0. The lowest BCUT2D eigenvalue weighted by Gasteiger charge is -2.22. The van der Waals surface area contributed by atoms with E-state index in [-0.39, 0.29) is 12.0 Å². The lowest BCUT2D eigenvalue weighted by molar-refractivity contribution is -0.133. The standard InChI is InChI=1S/C11H20N2O/c1-7(2)13-6-5-9(11(13)14)10(12)8-3-4-8/h7-10H,3-6,12H2,1-2H3. The summed E-state index contributed by atoms with van der Waals surface area (Å²) < 4.78 is 0. The van der Waals surface area contributed by atoms with Gasteiger partial charge in [0.25, 0.3) is 0 Å². The van der Waals surface area contributed by atoms with Crippen LogP contribution in [-0.4, -0.2) is 29.4 Å².